The number of nitrogens with one attached hydrogen (secondary N) is 1. The van der Waals surface area contributed by atoms with Gasteiger partial charge in [0, 0.05) is 24.2 Å². The van der Waals surface area contributed by atoms with Crippen molar-refractivity contribution in [2.75, 3.05) is 7.11 Å². The van der Waals surface area contributed by atoms with Gasteiger partial charge in [-0.2, -0.15) is 4.98 Å². The van der Waals surface area contributed by atoms with Crippen molar-refractivity contribution in [2.45, 2.75) is 19.3 Å². The number of benzene rings is 4. The van der Waals surface area contributed by atoms with Gasteiger partial charge in [0.05, 0.1) is 35.8 Å². The molecule has 0 unspecified atom stereocenters. The molecule has 0 radical (unpaired) electrons. The van der Waals surface area contributed by atoms with Crippen LogP contribution in [0.2, 0.25) is 0 Å². The lowest BCUT2D eigenvalue weighted by molar-refractivity contribution is 0.414. The number of aryl methyl sites for hydroxylation is 1. The molecule has 0 amide bonds. The number of H-pyrrole nitrogens is 1. The maximum absolute atomic E-state index is 7.50. The fraction of sp³-hybridized carbons (Fsp3) is 0.122. The number of thiazole rings is 1. The highest BCUT2D eigenvalue weighted by Crippen LogP contribution is 2.40. The summed E-state index contributed by atoms with van der Waals surface area (Å²) in [7, 11) is 3.57. The summed E-state index contributed by atoms with van der Waals surface area (Å²) in [6.45, 7) is 11.9. The maximum Gasteiger partial charge on any atom is 0.250 e. The van der Waals surface area contributed by atoms with E-state index in [1.54, 1.807) is 35.5 Å². The summed E-state index contributed by atoms with van der Waals surface area (Å²) in [4.78, 5) is 25.9. The van der Waals surface area contributed by atoms with E-state index < -0.39 is 0 Å². The highest BCUT2D eigenvalue weighted by Gasteiger charge is 2.24. The minimum atomic E-state index is -0.145. The molecule has 53 heavy (non-hydrogen) atoms. The molecule has 0 aliphatic carbocycles. The van der Waals surface area contributed by atoms with E-state index in [0.717, 1.165) is 49.2 Å². The number of hydrogen-bond donors (Lipinski definition) is 1. The number of methoxy groups -OCH3 is 1. The molecule has 0 bridgehead atoms. The summed E-state index contributed by atoms with van der Waals surface area (Å²) < 4.78 is 16.0. The SMILES string of the molecule is COc1ccc(C(C)(C)c2ccc(Oc3ncnc4c3ncn4C)cc2)cc1.[C-]#[N+]c1cn2[nH]c(-c3ccccc3)nc2c1-c1nc2ccccc2s1. The van der Waals surface area contributed by atoms with Crippen LogP contribution in [0.25, 0.3) is 53.8 Å². The Morgan fingerprint density at radius 3 is 2.19 bits per heavy atom. The average Bonchev–Trinajstić information content (AvgIpc) is 3.98. The third-order valence-electron chi connectivity index (χ3n) is 9.14. The Balaban J connectivity index is 0.000000152. The van der Waals surface area contributed by atoms with E-state index in [2.05, 4.69) is 63.0 Å². The number of para-hydroxylation sites is 1. The van der Waals surface area contributed by atoms with Crippen LogP contribution in [0.5, 0.6) is 17.4 Å². The average molecular weight is 716 g/mol. The van der Waals surface area contributed by atoms with Gasteiger partial charge in [0.2, 0.25) is 5.69 Å². The van der Waals surface area contributed by atoms with Crippen LogP contribution < -0.4 is 9.47 Å². The van der Waals surface area contributed by atoms with Crippen molar-refractivity contribution in [1.82, 2.24) is 39.1 Å². The minimum Gasteiger partial charge on any atom is -0.497 e. The van der Waals surface area contributed by atoms with Crippen LogP contribution in [0.1, 0.15) is 25.0 Å². The Morgan fingerprint density at radius 1 is 0.792 bits per heavy atom. The molecule has 0 aliphatic rings. The number of hydrogen-bond acceptors (Lipinski definition) is 8. The first kappa shape index (κ1) is 33.3. The topological polar surface area (TPSA) is 112 Å². The molecule has 1 N–H and O–H groups in total. The molecule has 9 aromatic rings. The fourth-order valence-electron chi connectivity index (χ4n) is 6.14. The summed E-state index contributed by atoms with van der Waals surface area (Å²) in [6.07, 6.45) is 4.97. The molecule has 0 spiro atoms. The van der Waals surface area contributed by atoms with E-state index in [0.29, 0.717) is 22.8 Å². The molecule has 260 valence electrons. The van der Waals surface area contributed by atoms with Gasteiger partial charge in [0.1, 0.15) is 22.8 Å². The second kappa shape index (κ2) is 13.7. The van der Waals surface area contributed by atoms with Crippen molar-refractivity contribution in [3.8, 4) is 39.3 Å². The zero-order valence-corrected chi connectivity index (χ0v) is 30.2. The second-order valence-corrected chi connectivity index (χ2v) is 13.8. The van der Waals surface area contributed by atoms with Crippen molar-refractivity contribution < 1.29 is 9.47 Å². The summed E-state index contributed by atoms with van der Waals surface area (Å²) in [5, 5.41) is 4.07. The number of rotatable bonds is 7. The van der Waals surface area contributed by atoms with Crippen LogP contribution in [-0.4, -0.2) is 46.2 Å². The van der Waals surface area contributed by atoms with Crippen LogP contribution in [0.4, 0.5) is 5.69 Å². The van der Waals surface area contributed by atoms with E-state index in [9.17, 15) is 0 Å². The molecule has 0 fully saturated rings. The van der Waals surface area contributed by atoms with Gasteiger partial charge in [-0.1, -0.05) is 80.6 Å². The standard InChI is InChI=1S/C22H22N4O2.C19H11N5S/c1-22(2,15-5-9-17(27-4)10-6-15)16-7-11-18(12-8-16)28-21-19-20(23-13-24-21)26(3)14-25-19;1-20-14-11-24-18(22-17(23-24)12-7-3-2-4-8-12)16(14)19-21-13-9-5-6-10-15(13)25-19/h5-14H,1-4H3;2-11H,(H,22,23). The van der Waals surface area contributed by atoms with E-state index in [-0.39, 0.29) is 5.41 Å². The van der Waals surface area contributed by atoms with Gasteiger partial charge in [0.25, 0.3) is 5.88 Å². The molecule has 11 nitrogen and oxygen atoms in total. The molecule has 0 saturated carbocycles. The minimum absolute atomic E-state index is 0.145. The predicted molar refractivity (Wildman–Crippen MR) is 208 cm³/mol. The molecular formula is C41H33N9O2S. The predicted octanol–water partition coefficient (Wildman–Crippen LogP) is 9.65. The van der Waals surface area contributed by atoms with Gasteiger partial charge < -0.3 is 14.0 Å². The number of aromatic amines is 1. The van der Waals surface area contributed by atoms with Crippen LogP contribution in [0.15, 0.2) is 122 Å². The normalized spacial score (nSPS) is 11.4. The fourth-order valence-corrected chi connectivity index (χ4v) is 7.16. The number of nitrogens with zero attached hydrogens (tertiary/aromatic N) is 8. The second-order valence-electron chi connectivity index (χ2n) is 12.8. The summed E-state index contributed by atoms with van der Waals surface area (Å²) in [6, 6.07) is 34.2. The summed E-state index contributed by atoms with van der Waals surface area (Å²) >= 11 is 1.58. The molecule has 5 aromatic heterocycles. The van der Waals surface area contributed by atoms with Crippen molar-refractivity contribution in [2.24, 2.45) is 7.05 Å². The van der Waals surface area contributed by atoms with Crippen LogP contribution in [0, 0.1) is 6.57 Å². The lowest BCUT2D eigenvalue weighted by Crippen LogP contribution is -2.18. The monoisotopic (exact) mass is 715 g/mol. The number of ether oxygens (including phenoxy) is 2. The Morgan fingerprint density at radius 2 is 1.49 bits per heavy atom. The Bertz CT molecular complexity index is 2700. The van der Waals surface area contributed by atoms with Crippen molar-refractivity contribution in [3.05, 3.63) is 145 Å². The third kappa shape index (κ3) is 6.34. The maximum atomic E-state index is 7.50. The van der Waals surface area contributed by atoms with E-state index in [4.69, 9.17) is 26.0 Å². The zero-order valence-electron chi connectivity index (χ0n) is 29.3. The molecule has 0 atom stereocenters. The Kier molecular flexibility index (Phi) is 8.61. The van der Waals surface area contributed by atoms with Crippen molar-refractivity contribution >= 4 is 44.1 Å². The van der Waals surface area contributed by atoms with Crippen molar-refractivity contribution in [1.29, 1.82) is 0 Å². The molecule has 5 heterocycles. The highest BCUT2D eigenvalue weighted by atomic mass is 32.1. The van der Waals surface area contributed by atoms with Gasteiger partial charge in [-0.15, -0.1) is 11.3 Å². The van der Waals surface area contributed by atoms with Gasteiger partial charge in [-0.25, -0.2) is 24.8 Å². The third-order valence-corrected chi connectivity index (χ3v) is 10.2. The molecule has 0 saturated heterocycles. The quantitative estimate of drug-likeness (QED) is 0.164. The summed E-state index contributed by atoms with van der Waals surface area (Å²) in [5.74, 6) is 2.79. The van der Waals surface area contributed by atoms with Crippen LogP contribution in [-0.2, 0) is 12.5 Å². The molecular weight excluding hydrogens is 683 g/mol. The first-order valence-corrected chi connectivity index (χ1v) is 17.6. The Hall–Kier alpha value is -6.84. The molecule has 0 aliphatic heterocycles. The van der Waals surface area contributed by atoms with E-state index in [1.165, 1.54) is 17.5 Å². The lowest BCUT2D eigenvalue weighted by Gasteiger charge is -2.26. The summed E-state index contributed by atoms with van der Waals surface area (Å²) in [5.41, 5.74) is 7.66. The van der Waals surface area contributed by atoms with Crippen LogP contribution in [0.3, 0.4) is 0 Å². The Labute approximate surface area is 309 Å². The smallest absolute Gasteiger partial charge is 0.250 e. The van der Waals surface area contributed by atoms with E-state index in [1.807, 2.05) is 90.5 Å². The largest absolute Gasteiger partial charge is 0.497 e. The zero-order chi connectivity index (χ0) is 36.5. The van der Waals surface area contributed by atoms with Gasteiger partial charge >= 0.3 is 0 Å². The lowest BCUT2D eigenvalue weighted by atomic mass is 9.78. The number of imidazole rings is 1. The molecule has 9 rings (SSSR count). The van der Waals surface area contributed by atoms with Crippen LogP contribution >= 0.6 is 11.3 Å². The van der Waals surface area contributed by atoms with Crippen molar-refractivity contribution in [3.63, 3.8) is 0 Å². The first-order valence-electron chi connectivity index (χ1n) is 16.8. The molecule has 4 aromatic carbocycles. The first-order chi connectivity index (χ1) is 25.8. The van der Waals surface area contributed by atoms with Gasteiger partial charge in [-0.3, -0.25) is 9.61 Å². The molecule has 12 heteroatoms. The number of aromatic nitrogens is 8. The number of fused-ring (bicyclic) bond motifs is 3. The highest BCUT2D eigenvalue weighted by molar-refractivity contribution is 7.21. The van der Waals surface area contributed by atoms with Gasteiger partial charge in [-0.05, 0) is 47.5 Å². The van der Waals surface area contributed by atoms with Gasteiger partial charge in [0.15, 0.2) is 22.6 Å². The van der Waals surface area contributed by atoms with E-state index >= 15 is 0 Å².